The van der Waals surface area contributed by atoms with Crippen molar-refractivity contribution < 1.29 is 22.7 Å². The van der Waals surface area contributed by atoms with Crippen LogP contribution in [0.25, 0.3) is 0 Å². The maximum atomic E-state index is 13.4. The first-order chi connectivity index (χ1) is 16.3. The second-order valence-corrected chi connectivity index (χ2v) is 9.07. The van der Waals surface area contributed by atoms with Crippen LogP contribution in [0, 0.1) is 0 Å². The number of carbonyl (C=O) groups excluding carboxylic acids is 1. The Bertz CT molecular complexity index is 1230. The molecule has 3 aromatic rings. The third-order valence-electron chi connectivity index (χ3n) is 4.91. The van der Waals surface area contributed by atoms with Gasteiger partial charge in [-0.05, 0) is 80.1 Å². The largest absolute Gasteiger partial charge is 0.497 e. The minimum absolute atomic E-state index is 0.0783. The minimum Gasteiger partial charge on any atom is -0.497 e. The Morgan fingerprint density at radius 2 is 1.56 bits per heavy atom. The molecular weight excluding hydrogens is 454 g/mol. The fourth-order valence-electron chi connectivity index (χ4n) is 3.12. The van der Waals surface area contributed by atoms with Crippen LogP contribution >= 0.6 is 0 Å². The molecule has 34 heavy (non-hydrogen) atoms. The molecule has 8 nitrogen and oxygen atoms in total. The standard InChI is InChI=1S/C25H27N3O5S/c1-4-33-23-16-12-21(13-17-23)28(34(30,31)24-8-6-5-7-9-24)18-25(29)27-26-19(2)20-10-14-22(32-3)15-11-20/h5-17H,4,18H2,1-3H3,(H,27,29). The van der Waals surface area contributed by atoms with Gasteiger partial charge in [-0.15, -0.1) is 0 Å². The van der Waals surface area contributed by atoms with Gasteiger partial charge in [0.1, 0.15) is 18.0 Å². The molecule has 0 saturated carbocycles. The lowest BCUT2D eigenvalue weighted by Gasteiger charge is -2.24. The summed E-state index contributed by atoms with van der Waals surface area (Å²) in [5.74, 6) is 0.728. The molecule has 0 unspecified atom stereocenters. The van der Waals surface area contributed by atoms with Crippen molar-refractivity contribution in [2.75, 3.05) is 24.6 Å². The Morgan fingerprint density at radius 3 is 2.15 bits per heavy atom. The number of sulfonamides is 1. The van der Waals surface area contributed by atoms with E-state index >= 15 is 0 Å². The number of ether oxygens (including phenoxy) is 2. The van der Waals surface area contributed by atoms with Crippen LogP contribution in [0.4, 0.5) is 5.69 Å². The highest BCUT2D eigenvalue weighted by molar-refractivity contribution is 7.92. The molecule has 0 bridgehead atoms. The number of benzene rings is 3. The van der Waals surface area contributed by atoms with E-state index in [9.17, 15) is 13.2 Å². The van der Waals surface area contributed by atoms with Crippen molar-refractivity contribution in [3.8, 4) is 11.5 Å². The van der Waals surface area contributed by atoms with Gasteiger partial charge in [-0.3, -0.25) is 9.10 Å². The number of hydrogen-bond acceptors (Lipinski definition) is 6. The highest BCUT2D eigenvalue weighted by Crippen LogP contribution is 2.25. The molecule has 0 saturated heterocycles. The Balaban J connectivity index is 1.83. The molecule has 0 heterocycles. The molecular formula is C25H27N3O5S. The van der Waals surface area contributed by atoms with Gasteiger partial charge in [0, 0.05) is 0 Å². The summed E-state index contributed by atoms with van der Waals surface area (Å²) >= 11 is 0. The maximum Gasteiger partial charge on any atom is 0.264 e. The van der Waals surface area contributed by atoms with Crippen LogP contribution in [0.15, 0.2) is 88.9 Å². The molecule has 1 N–H and O–H groups in total. The van der Waals surface area contributed by atoms with Crippen LogP contribution in [0.2, 0.25) is 0 Å². The molecule has 0 aromatic heterocycles. The summed E-state index contributed by atoms with van der Waals surface area (Å²) in [7, 11) is -2.42. The van der Waals surface area contributed by atoms with E-state index in [1.807, 2.05) is 19.1 Å². The number of methoxy groups -OCH3 is 1. The predicted molar refractivity (Wildman–Crippen MR) is 132 cm³/mol. The van der Waals surface area contributed by atoms with Gasteiger partial charge in [0.25, 0.3) is 15.9 Å². The van der Waals surface area contributed by atoms with E-state index in [1.54, 1.807) is 68.6 Å². The zero-order valence-electron chi connectivity index (χ0n) is 19.3. The smallest absolute Gasteiger partial charge is 0.264 e. The molecule has 0 aliphatic rings. The van der Waals surface area contributed by atoms with E-state index < -0.39 is 22.5 Å². The van der Waals surface area contributed by atoms with Gasteiger partial charge < -0.3 is 9.47 Å². The second kappa shape index (κ2) is 11.3. The van der Waals surface area contributed by atoms with Gasteiger partial charge >= 0.3 is 0 Å². The monoisotopic (exact) mass is 481 g/mol. The van der Waals surface area contributed by atoms with E-state index in [2.05, 4.69) is 10.5 Å². The molecule has 0 radical (unpaired) electrons. The molecule has 0 atom stereocenters. The molecule has 178 valence electrons. The first-order valence-corrected chi connectivity index (χ1v) is 12.1. The summed E-state index contributed by atoms with van der Waals surface area (Å²) in [6.45, 7) is 3.63. The molecule has 3 rings (SSSR count). The van der Waals surface area contributed by atoms with E-state index in [0.717, 1.165) is 9.87 Å². The lowest BCUT2D eigenvalue weighted by atomic mass is 10.1. The number of nitrogens with zero attached hydrogens (tertiary/aromatic N) is 2. The summed E-state index contributed by atoms with van der Waals surface area (Å²) in [5, 5.41) is 4.12. The van der Waals surface area contributed by atoms with Crippen molar-refractivity contribution in [1.29, 1.82) is 0 Å². The van der Waals surface area contributed by atoms with Crippen molar-refractivity contribution in [2.24, 2.45) is 5.10 Å². The van der Waals surface area contributed by atoms with Crippen LogP contribution in [-0.2, 0) is 14.8 Å². The Hall–Kier alpha value is -3.85. The van der Waals surface area contributed by atoms with Crippen molar-refractivity contribution in [3.05, 3.63) is 84.4 Å². The lowest BCUT2D eigenvalue weighted by Crippen LogP contribution is -2.39. The molecule has 9 heteroatoms. The summed E-state index contributed by atoms with van der Waals surface area (Å²) in [6.07, 6.45) is 0. The summed E-state index contributed by atoms with van der Waals surface area (Å²) < 4.78 is 38.4. The number of hydrogen-bond donors (Lipinski definition) is 1. The number of anilines is 1. The Kier molecular flexibility index (Phi) is 8.26. The lowest BCUT2D eigenvalue weighted by molar-refractivity contribution is -0.119. The SMILES string of the molecule is CCOc1ccc(N(CC(=O)NN=C(C)c2ccc(OC)cc2)S(=O)(=O)c2ccccc2)cc1. The average molecular weight is 482 g/mol. The maximum absolute atomic E-state index is 13.4. The van der Waals surface area contributed by atoms with E-state index in [0.29, 0.717) is 29.5 Å². The van der Waals surface area contributed by atoms with E-state index in [1.165, 1.54) is 12.1 Å². The van der Waals surface area contributed by atoms with Crippen molar-refractivity contribution in [1.82, 2.24) is 5.43 Å². The number of hydrazone groups is 1. The van der Waals surface area contributed by atoms with Crippen LogP contribution < -0.4 is 19.2 Å². The van der Waals surface area contributed by atoms with Crippen LogP contribution in [-0.4, -0.2) is 40.3 Å². The topological polar surface area (TPSA) is 97.3 Å². The van der Waals surface area contributed by atoms with Crippen LogP contribution in [0.1, 0.15) is 19.4 Å². The zero-order chi connectivity index (χ0) is 24.6. The summed E-state index contributed by atoms with van der Waals surface area (Å²) in [6, 6.07) is 21.7. The fraction of sp³-hybridized carbons (Fsp3) is 0.200. The molecule has 0 spiro atoms. The zero-order valence-corrected chi connectivity index (χ0v) is 20.1. The van der Waals surface area contributed by atoms with Crippen molar-refractivity contribution >= 4 is 27.3 Å². The normalized spacial score (nSPS) is 11.6. The Morgan fingerprint density at radius 1 is 0.941 bits per heavy atom. The number of amides is 1. The van der Waals surface area contributed by atoms with Gasteiger partial charge in [0.2, 0.25) is 0 Å². The first-order valence-electron chi connectivity index (χ1n) is 10.6. The molecule has 1 amide bonds. The first kappa shape index (κ1) is 24.8. The van der Waals surface area contributed by atoms with Crippen LogP contribution in [0.3, 0.4) is 0 Å². The molecule has 0 aliphatic carbocycles. The number of rotatable bonds is 10. The van der Waals surface area contributed by atoms with Gasteiger partial charge in [0.05, 0.1) is 30.0 Å². The molecule has 0 fully saturated rings. The van der Waals surface area contributed by atoms with Crippen molar-refractivity contribution in [2.45, 2.75) is 18.7 Å². The van der Waals surface area contributed by atoms with Crippen LogP contribution in [0.5, 0.6) is 11.5 Å². The second-order valence-electron chi connectivity index (χ2n) is 7.21. The number of carbonyl (C=O) groups is 1. The Labute approximate surface area is 199 Å². The van der Waals surface area contributed by atoms with E-state index in [-0.39, 0.29) is 4.90 Å². The van der Waals surface area contributed by atoms with Crippen molar-refractivity contribution in [3.63, 3.8) is 0 Å². The highest BCUT2D eigenvalue weighted by atomic mass is 32.2. The summed E-state index contributed by atoms with van der Waals surface area (Å²) in [4.78, 5) is 12.8. The van der Waals surface area contributed by atoms with Gasteiger partial charge in [-0.2, -0.15) is 5.10 Å². The average Bonchev–Trinajstić information content (AvgIpc) is 2.87. The quantitative estimate of drug-likeness (QED) is 0.351. The van der Waals surface area contributed by atoms with Gasteiger partial charge in [-0.1, -0.05) is 18.2 Å². The third-order valence-corrected chi connectivity index (χ3v) is 6.70. The highest BCUT2D eigenvalue weighted by Gasteiger charge is 2.27. The summed E-state index contributed by atoms with van der Waals surface area (Å²) in [5.41, 5.74) is 4.14. The van der Waals surface area contributed by atoms with Gasteiger partial charge in [-0.25, -0.2) is 13.8 Å². The third kappa shape index (κ3) is 6.14. The fourth-order valence-corrected chi connectivity index (χ4v) is 4.56. The molecule has 3 aromatic carbocycles. The molecule has 0 aliphatic heterocycles. The number of nitrogens with one attached hydrogen (secondary N) is 1. The minimum atomic E-state index is -4.00. The predicted octanol–water partition coefficient (Wildman–Crippen LogP) is 3.83. The van der Waals surface area contributed by atoms with Gasteiger partial charge in [0.15, 0.2) is 0 Å². The van der Waals surface area contributed by atoms with E-state index in [4.69, 9.17) is 9.47 Å².